The molecule has 0 spiro atoms. The van der Waals surface area contributed by atoms with Crippen LogP contribution in [0.5, 0.6) is 0 Å². The zero-order valence-corrected chi connectivity index (χ0v) is 10.1. The second-order valence-corrected chi connectivity index (χ2v) is 4.41. The number of benzene rings is 1. The van der Waals surface area contributed by atoms with E-state index in [1.54, 1.807) is 13.2 Å². The summed E-state index contributed by atoms with van der Waals surface area (Å²) in [6.07, 6.45) is 0.0276. The summed E-state index contributed by atoms with van der Waals surface area (Å²) in [6, 6.07) is 5.49. The number of hydrogen-bond donors (Lipinski definition) is 0. The first-order valence-corrected chi connectivity index (χ1v) is 5.29. The minimum absolute atomic E-state index is 0.0276. The predicted molar refractivity (Wildman–Crippen MR) is 61.1 cm³/mol. The zero-order valence-electron chi connectivity index (χ0n) is 8.55. The van der Waals surface area contributed by atoms with Gasteiger partial charge >= 0.3 is 0 Å². The standard InChI is InChI=1S/C11H14Cl2O/c1-7(2)11(14-3)9-5-4-8(12)6-10(9)13/h4-7,11H,1-3H3. The number of ether oxygens (including phenoxy) is 1. The molecule has 1 aromatic rings. The van der Waals surface area contributed by atoms with Gasteiger partial charge in [-0.1, -0.05) is 43.1 Å². The van der Waals surface area contributed by atoms with Gasteiger partial charge in [0.2, 0.25) is 0 Å². The number of hydrogen-bond acceptors (Lipinski definition) is 1. The molecule has 1 aromatic carbocycles. The van der Waals surface area contributed by atoms with E-state index in [0.29, 0.717) is 16.0 Å². The lowest BCUT2D eigenvalue weighted by molar-refractivity contribution is 0.0647. The van der Waals surface area contributed by atoms with E-state index in [9.17, 15) is 0 Å². The van der Waals surface area contributed by atoms with E-state index in [1.165, 1.54) is 0 Å². The third kappa shape index (κ3) is 2.63. The summed E-state index contributed by atoms with van der Waals surface area (Å²) in [5.41, 5.74) is 0.994. The maximum atomic E-state index is 6.08. The van der Waals surface area contributed by atoms with Crippen LogP contribution in [0.15, 0.2) is 18.2 Å². The summed E-state index contributed by atoms with van der Waals surface area (Å²) in [4.78, 5) is 0. The Morgan fingerprint density at radius 1 is 1.21 bits per heavy atom. The van der Waals surface area contributed by atoms with Gasteiger partial charge in [-0.2, -0.15) is 0 Å². The molecule has 1 rings (SSSR count). The van der Waals surface area contributed by atoms with Crippen molar-refractivity contribution in [2.24, 2.45) is 5.92 Å². The molecule has 14 heavy (non-hydrogen) atoms. The van der Waals surface area contributed by atoms with Crippen molar-refractivity contribution >= 4 is 23.2 Å². The van der Waals surface area contributed by atoms with Crippen LogP contribution in [-0.2, 0) is 4.74 Å². The van der Waals surface area contributed by atoms with Crippen LogP contribution in [0.25, 0.3) is 0 Å². The Morgan fingerprint density at radius 2 is 1.86 bits per heavy atom. The molecule has 3 heteroatoms. The molecule has 1 unspecified atom stereocenters. The Labute approximate surface area is 95.0 Å². The molecule has 0 amide bonds. The molecule has 0 bridgehead atoms. The Kier molecular flexibility index (Phi) is 4.24. The van der Waals surface area contributed by atoms with E-state index in [2.05, 4.69) is 13.8 Å². The van der Waals surface area contributed by atoms with Crippen molar-refractivity contribution in [3.05, 3.63) is 33.8 Å². The second kappa shape index (κ2) is 5.01. The van der Waals surface area contributed by atoms with Crippen LogP contribution in [0.1, 0.15) is 25.5 Å². The van der Waals surface area contributed by atoms with Crippen LogP contribution < -0.4 is 0 Å². The first-order chi connectivity index (χ1) is 6.56. The van der Waals surface area contributed by atoms with E-state index >= 15 is 0 Å². The number of methoxy groups -OCH3 is 1. The molecule has 0 saturated carbocycles. The Morgan fingerprint density at radius 3 is 2.29 bits per heavy atom. The SMILES string of the molecule is COC(c1ccc(Cl)cc1Cl)C(C)C. The molecule has 0 N–H and O–H groups in total. The van der Waals surface area contributed by atoms with Gasteiger partial charge in [-0.15, -0.1) is 0 Å². The van der Waals surface area contributed by atoms with E-state index < -0.39 is 0 Å². The first-order valence-electron chi connectivity index (χ1n) is 4.54. The minimum atomic E-state index is 0.0276. The monoisotopic (exact) mass is 232 g/mol. The highest BCUT2D eigenvalue weighted by Crippen LogP contribution is 2.32. The lowest BCUT2D eigenvalue weighted by Gasteiger charge is -2.20. The Balaban J connectivity index is 3.04. The van der Waals surface area contributed by atoms with E-state index in [4.69, 9.17) is 27.9 Å². The van der Waals surface area contributed by atoms with Crippen molar-refractivity contribution in [1.82, 2.24) is 0 Å². The zero-order chi connectivity index (χ0) is 10.7. The molecular formula is C11H14Cl2O. The van der Waals surface area contributed by atoms with Crippen LogP contribution in [0.4, 0.5) is 0 Å². The van der Waals surface area contributed by atoms with Gasteiger partial charge in [-0.25, -0.2) is 0 Å². The molecule has 0 fully saturated rings. The van der Waals surface area contributed by atoms with E-state index in [0.717, 1.165) is 5.56 Å². The molecule has 0 aliphatic carbocycles. The molecule has 78 valence electrons. The fourth-order valence-electron chi connectivity index (χ4n) is 1.49. The van der Waals surface area contributed by atoms with Crippen LogP contribution in [0, 0.1) is 5.92 Å². The lowest BCUT2D eigenvalue weighted by atomic mass is 9.99. The molecule has 0 aromatic heterocycles. The van der Waals surface area contributed by atoms with Crippen LogP contribution in [0.3, 0.4) is 0 Å². The van der Waals surface area contributed by atoms with E-state index in [1.807, 2.05) is 12.1 Å². The minimum Gasteiger partial charge on any atom is -0.376 e. The average Bonchev–Trinajstić information content (AvgIpc) is 2.09. The summed E-state index contributed by atoms with van der Waals surface area (Å²) in [6.45, 7) is 4.19. The van der Waals surface area contributed by atoms with Crippen LogP contribution >= 0.6 is 23.2 Å². The average molecular weight is 233 g/mol. The summed E-state index contributed by atoms with van der Waals surface area (Å²) < 4.78 is 5.39. The van der Waals surface area contributed by atoms with E-state index in [-0.39, 0.29) is 6.10 Å². The van der Waals surface area contributed by atoms with Crippen molar-refractivity contribution in [3.63, 3.8) is 0 Å². The molecule has 0 aliphatic heterocycles. The third-order valence-corrected chi connectivity index (χ3v) is 2.69. The van der Waals surface area contributed by atoms with Crippen molar-refractivity contribution < 1.29 is 4.74 Å². The smallest absolute Gasteiger partial charge is 0.0858 e. The van der Waals surface area contributed by atoms with Crippen molar-refractivity contribution in [3.8, 4) is 0 Å². The predicted octanol–water partition coefficient (Wildman–Crippen LogP) is 4.34. The maximum absolute atomic E-state index is 6.08. The molecule has 0 aliphatic rings. The normalized spacial score (nSPS) is 13.3. The molecular weight excluding hydrogens is 219 g/mol. The number of rotatable bonds is 3. The van der Waals surface area contributed by atoms with Crippen molar-refractivity contribution in [2.45, 2.75) is 20.0 Å². The van der Waals surface area contributed by atoms with Gasteiger partial charge in [-0.05, 0) is 23.6 Å². The largest absolute Gasteiger partial charge is 0.376 e. The molecule has 0 heterocycles. The quantitative estimate of drug-likeness (QED) is 0.754. The molecule has 0 saturated heterocycles. The molecule has 1 nitrogen and oxygen atoms in total. The highest BCUT2D eigenvalue weighted by Gasteiger charge is 2.17. The Hall–Kier alpha value is -0.240. The van der Waals surface area contributed by atoms with Gasteiger partial charge in [-0.3, -0.25) is 0 Å². The Bertz CT molecular complexity index is 310. The fraction of sp³-hybridized carbons (Fsp3) is 0.455. The van der Waals surface area contributed by atoms with Gasteiger partial charge < -0.3 is 4.74 Å². The summed E-state index contributed by atoms with van der Waals surface area (Å²) >= 11 is 11.9. The summed E-state index contributed by atoms with van der Waals surface area (Å²) in [5, 5.41) is 1.32. The van der Waals surface area contributed by atoms with Gasteiger partial charge in [0.05, 0.1) is 6.10 Å². The maximum Gasteiger partial charge on any atom is 0.0858 e. The highest BCUT2D eigenvalue weighted by molar-refractivity contribution is 6.35. The second-order valence-electron chi connectivity index (χ2n) is 3.57. The summed E-state index contributed by atoms with van der Waals surface area (Å²) in [7, 11) is 1.69. The van der Waals surface area contributed by atoms with Crippen molar-refractivity contribution in [1.29, 1.82) is 0 Å². The van der Waals surface area contributed by atoms with Crippen LogP contribution in [-0.4, -0.2) is 7.11 Å². The fourth-order valence-corrected chi connectivity index (χ4v) is 2.01. The topological polar surface area (TPSA) is 9.23 Å². The van der Waals surface area contributed by atoms with Crippen molar-refractivity contribution in [2.75, 3.05) is 7.11 Å². The van der Waals surface area contributed by atoms with Gasteiger partial charge in [0.1, 0.15) is 0 Å². The highest BCUT2D eigenvalue weighted by atomic mass is 35.5. The first kappa shape index (κ1) is 11.8. The summed E-state index contributed by atoms with van der Waals surface area (Å²) in [5.74, 6) is 0.388. The van der Waals surface area contributed by atoms with Gasteiger partial charge in [0, 0.05) is 17.2 Å². The number of halogens is 2. The lowest BCUT2D eigenvalue weighted by Crippen LogP contribution is -2.09. The third-order valence-electron chi connectivity index (χ3n) is 2.13. The van der Waals surface area contributed by atoms with Crippen LogP contribution in [0.2, 0.25) is 10.0 Å². The van der Waals surface area contributed by atoms with Gasteiger partial charge in [0.15, 0.2) is 0 Å². The van der Waals surface area contributed by atoms with Gasteiger partial charge in [0.25, 0.3) is 0 Å². The molecule has 0 radical (unpaired) electrons. The molecule has 1 atom stereocenters.